The van der Waals surface area contributed by atoms with Crippen LogP contribution in [0.4, 0.5) is 43.9 Å². The number of carbonyl (C=O) groups is 2. The molecule has 0 fully saturated rings. The first-order valence-electron chi connectivity index (χ1n) is 11.5. The number of hydrogen-bond donors (Lipinski definition) is 0. The lowest BCUT2D eigenvalue weighted by molar-refractivity contribution is -0.160. The molecular formula is C26H21Cl2F10NO2. The van der Waals surface area contributed by atoms with Gasteiger partial charge in [0.05, 0.1) is 15.6 Å². The fourth-order valence-electron chi connectivity index (χ4n) is 3.92. The van der Waals surface area contributed by atoms with Crippen molar-refractivity contribution in [3.63, 3.8) is 0 Å². The monoisotopic (exact) mass is 639 g/mol. The summed E-state index contributed by atoms with van der Waals surface area (Å²) < 4.78 is 136. The highest BCUT2D eigenvalue weighted by Crippen LogP contribution is 2.42. The van der Waals surface area contributed by atoms with Crippen LogP contribution in [0.2, 0.25) is 10.0 Å². The molecule has 226 valence electrons. The molecule has 41 heavy (non-hydrogen) atoms. The number of carbonyl (C=O) groups excluding carboxylic acids is 2. The summed E-state index contributed by atoms with van der Waals surface area (Å²) in [5.74, 6) is -8.24. The molecule has 0 heterocycles. The van der Waals surface area contributed by atoms with E-state index in [0.29, 0.717) is 12.1 Å². The number of alkyl halides is 9. The Morgan fingerprint density at radius 1 is 0.976 bits per heavy atom. The molecule has 0 saturated carbocycles. The average Bonchev–Trinajstić information content (AvgIpc) is 2.82. The van der Waals surface area contributed by atoms with Gasteiger partial charge in [-0.15, -0.1) is 0 Å². The molecule has 1 unspecified atom stereocenters. The van der Waals surface area contributed by atoms with Crippen molar-refractivity contribution in [3.05, 3.63) is 74.3 Å². The van der Waals surface area contributed by atoms with Gasteiger partial charge in [-0.05, 0) is 36.3 Å². The molecule has 0 saturated heterocycles. The van der Waals surface area contributed by atoms with E-state index in [2.05, 4.69) is 0 Å². The molecule has 0 aliphatic rings. The number of amides is 1. The van der Waals surface area contributed by atoms with Crippen LogP contribution in [0.15, 0.2) is 36.4 Å². The van der Waals surface area contributed by atoms with Crippen LogP contribution >= 0.6 is 23.2 Å². The van der Waals surface area contributed by atoms with Gasteiger partial charge in [-0.3, -0.25) is 9.59 Å². The van der Waals surface area contributed by atoms with Gasteiger partial charge < -0.3 is 4.90 Å². The summed E-state index contributed by atoms with van der Waals surface area (Å²) in [7, 11) is 0.801. The SMILES string of the molecule is Cc1cc(C(/C=C(\F)c2ccc(C(=O)C[C@H](C)C(=O)N(C)CC(F)(F)F)c(C(F)(F)F)c2)C(F)(F)F)cc(Cl)c1Cl. The summed E-state index contributed by atoms with van der Waals surface area (Å²) in [6, 6.07) is 3.14. The van der Waals surface area contributed by atoms with Gasteiger partial charge in [0.25, 0.3) is 0 Å². The summed E-state index contributed by atoms with van der Waals surface area (Å²) >= 11 is 11.7. The number of rotatable bonds is 8. The fraction of sp³-hybridized carbons (Fsp3) is 0.385. The van der Waals surface area contributed by atoms with Crippen molar-refractivity contribution in [2.45, 2.75) is 44.7 Å². The number of ketones is 1. The lowest BCUT2D eigenvalue weighted by Gasteiger charge is -2.22. The van der Waals surface area contributed by atoms with E-state index >= 15 is 4.39 Å². The summed E-state index contributed by atoms with van der Waals surface area (Å²) in [4.78, 5) is 25.1. The van der Waals surface area contributed by atoms with E-state index in [1.165, 1.54) is 6.92 Å². The molecule has 0 spiro atoms. The quantitative estimate of drug-likeness (QED) is 0.213. The minimum absolute atomic E-state index is 0.0427. The van der Waals surface area contributed by atoms with Crippen LogP contribution in [-0.4, -0.2) is 42.5 Å². The highest BCUT2D eigenvalue weighted by atomic mass is 35.5. The summed E-state index contributed by atoms with van der Waals surface area (Å²) in [6.45, 7) is 0.734. The third-order valence-corrected chi connectivity index (χ3v) is 6.76. The highest BCUT2D eigenvalue weighted by Gasteiger charge is 2.41. The van der Waals surface area contributed by atoms with E-state index in [-0.39, 0.29) is 32.7 Å². The third-order valence-electron chi connectivity index (χ3n) is 5.86. The molecule has 0 aliphatic heterocycles. The van der Waals surface area contributed by atoms with Gasteiger partial charge >= 0.3 is 18.5 Å². The maximum atomic E-state index is 15.0. The van der Waals surface area contributed by atoms with E-state index < -0.39 is 83.1 Å². The molecule has 0 bridgehead atoms. The van der Waals surface area contributed by atoms with Crippen LogP contribution in [0.25, 0.3) is 5.83 Å². The fourth-order valence-corrected chi connectivity index (χ4v) is 4.31. The van der Waals surface area contributed by atoms with Crippen molar-refractivity contribution in [2.75, 3.05) is 13.6 Å². The summed E-state index contributed by atoms with van der Waals surface area (Å²) in [5.41, 5.74) is -4.08. The van der Waals surface area contributed by atoms with E-state index in [4.69, 9.17) is 23.2 Å². The zero-order valence-corrected chi connectivity index (χ0v) is 22.8. The molecule has 0 aliphatic carbocycles. The Balaban J connectivity index is 2.47. The predicted molar refractivity (Wildman–Crippen MR) is 132 cm³/mol. The predicted octanol–water partition coefficient (Wildman–Crippen LogP) is 9.21. The minimum Gasteiger partial charge on any atom is -0.336 e. The number of benzene rings is 2. The van der Waals surface area contributed by atoms with E-state index in [0.717, 1.165) is 26.1 Å². The first-order valence-corrected chi connectivity index (χ1v) is 12.2. The molecule has 2 atom stereocenters. The molecule has 3 nitrogen and oxygen atoms in total. The van der Waals surface area contributed by atoms with Gasteiger partial charge in [-0.1, -0.05) is 48.3 Å². The number of halogens is 12. The summed E-state index contributed by atoms with van der Waals surface area (Å²) in [6.07, 6.45) is -16.0. The number of allylic oxidation sites excluding steroid dienone is 1. The first kappa shape index (κ1) is 34.4. The number of aryl methyl sites for hydroxylation is 1. The van der Waals surface area contributed by atoms with Crippen molar-refractivity contribution < 1.29 is 53.5 Å². The van der Waals surface area contributed by atoms with E-state index in [9.17, 15) is 49.1 Å². The maximum Gasteiger partial charge on any atom is 0.417 e. The van der Waals surface area contributed by atoms with Crippen LogP contribution in [-0.2, 0) is 11.0 Å². The average molecular weight is 640 g/mol. The smallest absolute Gasteiger partial charge is 0.336 e. The first-order chi connectivity index (χ1) is 18.5. The number of Topliss-reactive ketones (excluding diaryl/α,β-unsaturated/α-hetero) is 1. The van der Waals surface area contributed by atoms with Crippen molar-refractivity contribution >= 4 is 40.7 Å². The number of hydrogen-bond acceptors (Lipinski definition) is 2. The van der Waals surface area contributed by atoms with Gasteiger partial charge in [0.2, 0.25) is 5.91 Å². The molecule has 0 radical (unpaired) electrons. The Hall–Kier alpha value is -2.80. The van der Waals surface area contributed by atoms with Crippen molar-refractivity contribution in [2.24, 2.45) is 5.92 Å². The normalized spacial score (nSPS) is 14.6. The van der Waals surface area contributed by atoms with Crippen LogP contribution in [0.3, 0.4) is 0 Å². The second-order valence-electron chi connectivity index (χ2n) is 9.26. The largest absolute Gasteiger partial charge is 0.417 e. The zero-order valence-electron chi connectivity index (χ0n) is 21.3. The molecule has 0 N–H and O–H groups in total. The van der Waals surface area contributed by atoms with Crippen molar-refractivity contribution in [1.82, 2.24) is 4.90 Å². The lowest BCUT2D eigenvalue weighted by atomic mass is 9.92. The molecule has 15 heteroatoms. The van der Waals surface area contributed by atoms with Crippen molar-refractivity contribution in [1.29, 1.82) is 0 Å². The summed E-state index contributed by atoms with van der Waals surface area (Å²) in [5, 5.41) is -0.303. The van der Waals surface area contributed by atoms with Crippen molar-refractivity contribution in [3.8, 4) is 0 Å². The zero-order chi connectivity index (χ0) is 31.7. The molecule has 2 rings (SSSR count). The Morgan fingerprint density at radius 2 is 1.56 bits per heavy atom. The second-order valence-corrected chi connectivity index (χ2v) is 10.0. The van der Waals surface area contributed by atoms with Gasteiger partial charge in [0, 0.05) is 30.5 Å². The van der Waals surface area contributed by atoms with Crippen LogP contribution in [0, 0.1) is 12.8 Å². The Kier molecular flexibility index (Phi) is 10.6. The molecule has 2 aromatic rings. The molecule has 2 aromatic carbocycles. The topological polar surface area (TPSA) is 37.4 Å². The van der Waals surface area contributed by atoms with Crippen LogP contribution in [0.1, 0.15) is 51.9 Å². The Bertz CT molecular complexity index is 1310. The van der Waals surface area contributed by atoms with Crippen LogP contribution < -0.4 is 0 Å². The van der Waals surface area contributed by atoms with Gasteiger partial charge in [0.15, 0.2) is 5.78 Å². The number of nitrogens with zero attached hydrogens (tertiary/aromatic N) is 1. The standard InChI is InChI=1S/C26H21Cl2F10NO2/c1-12-6-15(9-19(27)22(12)28)17(25(33,34)35)10-20(29)14-4-5-16(18(8-14)26(36,37)38)21(40)7-13(2)23(41)39(3)11-24(30,31)32/h4-6,8-10,13,17H,7,11H2,1-3H3/b20-10-/t13-,17?/m0/s1. The minimum atomic E-state index is -5.29. The van der Waals surface area contributed by atoms with Gasteiger partial charge in [-0.2, -0.15) is 39.5 Å². The maximum absolute atomic E-state index is 15.0. The Labute approximate surface area is 237 Å². The third kappa shape index (κ3) is 9.09. The lowest BCUT2D eigenvalue weighted by Crippen LogP contribution is -2.39. The second kappa shape index (κ2) is 12.6. The van der Waals surface area contributed by atoms with E-state index in [1.54, 1.807) is 0 Å². The molecule has 0 aromatic heterocycles. The van der Waals surface area contributed by atoms with Crippen LogP contribution in [0.5, 0.6) is 0 Å². The Morgan fingerprint density at radius 3 is 2.05 bits per heavy atom. The highest BCUT2D eigenvalue weighted by molar-refractivity contribution is 6.42. The van der Waals surface area contributed by atoms with E-state index in [1.807, 2.05) is 0 Å². The van der Waals surface area contributed by atoms with Gasteiger partial charge in [0.1, 0.15) is 18.3 Å². The molecule has 1 amide bonds. The molecular weight excluding hydrogens is 619 g/mol. The van der Waals surface area contributed by atoms with Gasteiger partial charge in [-0.25, -0.2) is 4.39 Å².